The van der Waals surface area contributed by atoms with E-state index >= 15 is 0 Å². The van der Waals surface area contributed by atoms with Crippen LogP contribution < -0.4 is 5.32 Å². The summed E-state index contributed by atoms with van der Waals surface area (Å²) in [5, 5.41) is 5.42. The molecule has 1 N–H and O–H groups in total. The summed E-state index contributed by atoms with van der Waals surface area (Å²) in [6.45, 7) is 7.19. The van der Waals surface area contributed by atoms with E-state index in [-0.39, 0.29) is 28.7 Å². The lowest BCUT2D eigenvalue weighted by molar-refractivity contribution is 0.375. The van der Waals surface area contributed by atoms with E-state index in [0.717, 1.165) is 35.4 Å². The highest BCUT2D eigenvalue weighted by molar-refractivity contribution is 14.0. The predicted molar refractivity (Wildman–Crippen MR) is 114 cm³/mol. The highest BCUT2D eigenvalue weighted by atomic mass is 127. The second kappa shape index (κ2) is 8.57. The molecule has 0 unspecified atom stereocenters. The minimum atomic E-state index is 0. The maximum Gasteiger partial charge on any atom is 0.236 e. The van der Waals surface area contributed by atoms with Gasteiger partial charge in [-0.1, -0.05) is 6.07 Å². The van der Waals surface area contributed by atoms with Crippen LogP contribution in [0.15, 0.2) is 33.2 Å². The number of hydrogen-bond donors (Lipinski definition) is 1. The second-order valence-corrected chi connectivity index (χ2v) is 8.80. The molecule has 0 saturated carbocycles. The van der Waals surface area contributed by atoms with Gasteiger partial charge in [0, 0.05) is 30.6 Å². The van der Waals surface area contributed by atoms with Crippen molar-refractivity contribution >= 4 is 53.0 Å². The summed E-state index contributed by atoms with van der Waals surface area (Å²) in [5.74, 6) is 2.74. The third kappa shape index (κ3) is 4.89. The maximum absolute atomic E-state index is 5.56. The molecule has 3 heterocycles. The molecule has 0 atom stereocenters. The first-order chi connectivity index (χ1) is 11.1. The van der Waals surface area contributed by atoms with Crippen LogP contribution >= 0.6 is 47.1 Å². The molecule has 1 fully saturated rings. The molecule has 3 rings (SSSR count). The van der Waals surface area contributed by atoms with Crippen molar-refractivity contribution in [2.24, 2.45) is 4.99 Å². The molecule has 132 valence electrons. The number of thioether (sulfide) groups is 1. The van der Waals surface area contributed by atoms with Crippen molar-refractivity contribution in [2.75, 3.05) is 25.9 Å². The molecule has 8 heteroatoms. The molecule has 0 aromatic carbocycles. The molecule has 1 saturated heterocycles. The van der Waals surface area contributed by atoms with Gasteiger partial charge >= 0.3 is 0 Å². The van der Waals surface area contributed by atoms with Crippen molar-refractivity contribution in [3.8, 4) is 10.8 Å². The zero-order chi connectivity index (χ0) is 16.3. The SMILES string of the molecule is CN=C(NCc1coc(-c2cccs2)n1)N1CCSC(C)(C)C1.I. The Bertz CT molecular complexity index is 669. The number of aliphatic imine (C=N–C) groups is 1. The van der Waals surface area contributed by atoms with Crippen LogP contribution in [0.2, 0.25) is 0 Å². The van der Waals surface area contributed by atoms with E-state index in [4.69, 9.17) is 4.42 Å². The zero-order valence-electron chi connectivity index (χ0n) is 14.1. The van der Waals surface area contributed by atoms with Gasteiger partial charge in [-0.3, -0.25) is 4.99 Å². The van der Waals surface area contributed by atoms with Gasteiger partial charge in [0.1, 0.15) is 6.26 Å². The zero-order valence-corrected chi connectivity index (χ0v) is 18.1. The lowest BCUT2D eigenvalue weighted by Gasteiger charge is -2.39. The van der Waals surface area contributed by atoms with E-state index in [0.29, 0.717) is 12.4 Å². The van der Waals surface area contributed by atoms with E-state index in [1.807, 2.05) is 36.3 Å². The Kier molecular flexibility index (Phi) is 6.99. The lowest BCUT2D eigenvalue weighted by Crippen LogP contribution is -2.50. The fourth-order valence-corrected chi connectivity index (χ4v) is 4.37. The van der Waals surface area contributed by atoms with Gasteiger partial charge in [-0.25, -0.2) is 4.98 Å². The summed E-state index contributed by atoms with van der Waals surface area (Å²) < 4.78 is 5.82. The van der Waals surface area contributed by atoms with Gasteiger partial charge in [-0.2, -0.15) is 11.8 Å². The molecule has 2 aromatic rings. The Morgan fingerprint density at radius 1 is 1.50 bits per heavy atom. The molecule has 2 aromatic heterocycles. The van der Waals surface area contributed by atoms with E-state index < -0.39 is 0 Å². The third-order valence-corrected chi connectivity index (χ3v) is 5.80. The molecule has 1 aliphatic rings. The van der Waals surface area contributed by atoms with Gasteiger partial charge in [0.15, 0.2) is 5.96 Å². The van der Waals surface area contributed by atoms with Crippen molar-refractivity contribution in [3.05, 3.63) is 29.5 Å². The van der Waals surface area contributed by atoms with Gasteiger partial charge < -0.3 is 14.6 Å². The Morgan fingerprint density at radius 2 is 2.33 bits per heavy atom. The Balaban J connectivity index is 0.00000208. The van der Waals surface area contributed by atoms with Crippen LogP contribution in [0.1, 0.15) is 19.5 Å². The molecule has 0 bridgehead atoms. The highest BCUT2D eigenvalue weighted by Crippen LogP contribution is 2.29. The minimum absolute atomic E-state index is 0. The van der Waals surface area contributed by atoms with Gasteiger partial charge in [0.25, 0.3) is 0 Å². The molecule has 0 amide bonds. The number of hydrogen-bond acceptors (Lipinski definition) is 5. The number of nitrogens with zero attached hydrogens (tertiary/aromatic N) is 3. The second-order valence-electron chi connectivity index (χ2n) is 6.05. The van der Waals surface area contributed by atoms with Gasteiger partial charge in [0.05, 0.1) is 17.1 Å². The molecule has 0 aliphatic carbocycles. The number of thiophene rings is 1. The molecule has 5 nitrogen and oxygen atoms in total. The van der Waals surface area contributed by atoms with Crippen molar-refractivity contribution in [1.82, 2.24) is 15.2 Å². The quantitative estimate of drug-likeness (QED) is 0.412. The highest BCUT2D eigenvalue weighted by Gasteiger charge is 2.28. The first kappa shape index (κ1) is 19.6. The van der Waals surface area contributed by atoms with Crippen LogP contribution in [0, 0.1) is 0 Å². The standard InChI is InChI=1S/C16H22N4OS2.HI/c1-16(2)11-20(6-8-23-16)15(17-3)18-9-12-10-21-14(19-12)13-5-4-7-22-13;/h4-5,7,10H,6,8-9,11H2,1-3H3,(H,17,18);1H. The lowest BCUT2D eigenvalue weighted by atomic mass is 10.2. The number of guanidine groups is 1. The van der Waals surface area contributed by atoms with Crippen molar-refractivity contribution in [3.63, 3.8) is 0 Å². The van der Waals surface area contributed by atoms with Crippen LogP contribution in [-0.2, 0) is 6.54 Å². The Morgan fingerprint density at radius 3 is 3.00 bits per heavy atom. The number of rotatable bonds is 3. The number of nitrogens with one attached hydrogen (secondary N) is 1. The molecular formula is C16H23IN4OS2. The maximum atomic E-state index is 5.56. The summed E-state index contributed by atoms with van der Waals surface area (Å²) in [7, 11) is 1.83. The summed E-state index contributed by atoms with van der Waals surface area (Å²) in [6.07, 6.45) is 1.71. The van der Waals surface area contributed by atoms with Crippen LogP contribution in [-0.4, -0.2) is 46.5 Å². The average molecular weight is 478 g/mol. The molecule has 1 aliphatic heterocycles. The summed E-state index contributed by atoms with van der Waals surface area (Å²) in [6, 6.07) is 4.01. The number of aromatic nitrogens is 1. The summed E-state index contributed by atoms with van der Waals surface area (Å²) >= 11 is 3.65. The van der Waals surface area contributed by atoms with E-state index in [9.17, 15) is 0 Å². The Labute approximate surface area is 168 Å². The molecule has 24 heavy (non-hydrogen) atoms. The first-order valence-corrected chi connectivity index (χ1v) is 9.52. The molecular weight excluding hydrogens is 455 g/mol. The monoisotopic (exact) mass is 478 g/mol. The summed E-state index contributed by atoms with van der Waals surface area (Å²) in [5.41, 5.74) is 0.889. The van der Waals surface area contributed by atoms with E-state index in [1.54, 1.807) is 17.6 Å². The van der Waals surface area contributed by atoms with Crippen molar-refractivity contribution in [1.29, 1.82) is 0 Å². The topological polar surface area (TPSA) is 53.7 Å². The number of oxazole rings is 1. The fourth-order valence-electron chi connectivity index (χ4n) is 2.60. The van der Waals surface area contributed by atoms with E-state index in [2.05, 4.69) is 34.0 Å². The van der Waals surface area contributed by atoms with Gasteiger partial charge in [0.2, 0.25) is 5.89 Å². The van der Waals surface area contributed by atoms with Gasteiger partial charge in [-0.05, 0) is 25.3 Å². The van der Waals surface area contributed by atoms with Crippen LogP contribution in [0.25, 0.3) is 10.8 Å². The number of halogens is 1. The van der Waals surface area contributed by atoms with Crippen molar-refractivity contribution in [2.45, 2.75) is 25.1 Å². The minimum Gasteiger partial charge on any atom is -0.443 e. The largest absolute Gasteiger partial charge is 0.443 e. The predicted octanol–water partition coefficient (Wildman–Crippen LogP) is 3.92. The molecule has 0 spiro atoms. The van der Waals surface area contributed by atoms with Gasteiger partial charge in [-0.15, -0.1) is 35.3 Å². The average Bonchev–Trinajstić information content (AvgIpc) is 3.18. The Hall–Kier alpha value is -0.740. The smallest absolute Gasteiger partial charge is 0.236 e. The normalized spacial score (nSPS) is 17.5. The van der Waals surface area contributed by atoms with Crippen LogP contribution in [0.3, 0.4) is 0 Å². The fraction of sp³-hybridized carbons (Fsp3) is 0.500. The van der Waals surface area contributed by atoms with E-state index in [1.165, 1.54) is 0 Å². The molecule has 0 radical (unpaired) electrons. The van der Waals surface area contributed by atoms with Crippen LogP contribution in [0.4, 0.5) is 0 Å². The van der Waals surface area contributed by atoms with Crippen molar-refractivity contribution < 1.29 is 4.42 Å². The third-order valence-electron chi connectivity index (χ3n) is 3.65. The summed E-state index contributed by atoms with van der Waals surface area (Å²) in [4.78, 5) is 12.3. The van der Waals surface area contributed by atoms with Crippen LogP contribution in [0.5, 0.6) is 0 Å². The first-order valence-electron chi connectivity index (χ1n) is 7.65.